The number of aryl methyl sites for hydroxylation is 3. The van der Waals surface area contributed by atoms with Crippen LogP contribution in [0.25, 0.3) is 11.0 Å². The van der Waals surface area contributed by atoms with Crippen LogP contribution in [0.1, 0.15) is 24.5 Å². The van der Waals surface area contributed by atoms with Gasteiger partial charge in [0.25, 0.3) is 10.0 Å². The lowest BCUT2D eigenvalue weighted by Crippen LogP contribution is -2.13. The fourth-order valence-electron chi connectivity index (χ4n) is 2.73. The minimum absolute atomic E-state index is 0.261. The van der Waals surface area contributed by atoms with Crippen molar-refractivity contribution in [1.82, 2.24) is 9.55 Å². The van der Waals surface area contributed by atoms with Gasteiger partial charge in [0.1, 0.15) is 10.5 Å². The molecule has 24 heavy (non-hydrogen) atoms. The molecular weight excluding hydrogens is 322 g/mol. The van der Waals surface area contributed by atoms with Gasteiger partial charge in [0, 0.05) is 30.0 Å². The van der Waals surface area contributed by atoms with Gasteiger partial charge in [-0.25, -0.2) is 13.4 Å². The molecule has 0 atom stereocenters. The Kier molecular flexibility index (Phi) is 4.32. The molecule has 0 unspecified atom stereocenters. The van der Waals surface area contributed by atoms with E-state index in [0.717, 1.165) is 24.1 Å². The number of sulfonamides is 1. The third-order valence-electron chi connectivity index (χ3n) is 4.11. The van der Waals surface area contributed by atoms with Crippen LogP contribution in [0.3, 0.4) is 0 Å². The minimum Gasteiger partial charge on any atom is -0.331 e. The Bertz CT molecular complexity index is 991. The zero-order valence-electron chi connectivity index (χ0n) is 14.1. The Balaban J connectivity index is 2.06. The van der Waals surface area contributed by atoms with E-state index in [9.17, 15) is 8.42 Å². The van der Waals surface area contributed by atoms with Gasteiger partial charge in [0.15, 0.2) is 0 Å². The molecule has 0 spiro atoms. The number of fused-ring (bicyclic) bond motifs is 1. The Morgan fingerprint density at radius 2 is 1.96 bits per heavy atom. The molecule has 2 aromatic heterocycles. The van der Waals surface area contributed by atoms with Crippen molar-refractivity contribution in [1.29, 1.82) is 0 Å². The summed E-state index contributed by atoms with van der Waals surface area (Å²) in [6.45, 7) is 6.74. The number of hydrogen-bond acceptors (Lipinski definition) is 3. The first-order chi connectivity index (χ1) is 11.4. The van der Waals surface area contributed by atoms with E-state index in [-0.39, 0.29) is 4.90 Å². The molecule has 0 aliphatic rings. The molecule has 0 saturated carbocycles. The highest BCUT2D eigenvalue weighted by molar-refractivity contribution is 7.93. The predicted molar refractivity (Wildman–Crippen MR) is 96.7 cm³/mol. The molecule has 2 heterocycles. The van der Waals surface area contributed by atoms with E-state index < -0.39 is 10.0 Å². The second kappa shape index (κ2) is 6.28. The zero-order valence-corrected chi connectivity index (χ0v) is 14.9. The number of anilines is 1. The lowest BCUT2D eigenvalue weighted by atomic mass is 10.1. The maximum atomic E-state index is 12.9. The van der Waals surface area contributed by atoms with Gasteiger partial charge in [-0.15, -0.1) is 0 Å². The quantitative estimate of drug-likeness (QED) is 0.765. The lowest BCUT2D eigenvalue weighted by molar-refractivity contribution is 0.601. The molecule has 0 aliphatic carbocycles. The van der Waals surface area contributed by atoms with E-state index in [1.165, 1.54) is 0 Å². The van der Waals surface area contributed by atoms with Crippen LogP contribution in [0.15, 0.2) is 47.6 Å². The van der Waals surface area contributed by atoms with Gasteiger partial charge in [-0.3, -0.25) is 4.72 Å². The van der Waals surface area contributed by atoms with Crippen molar-refractivity contribution >= 4 is 26.7 Å². The summed E-state index contributed by atoms with van der Waals surface area (Å²) < 4.78 is 30.3. The molecule has 5 nitrogen and oxygen atoms in total. The highest BCUT2D eigenvalue weighted by Gasteiger charge is 2.21. The molecular formula is C18H21N3O2S. The van der Waals surface area contributed by atoms with E-state index in [0.29, 0.717) is 16.7 Å². The fourth-order valence-corrected chi connectivity index (χ4v) is 3.99. The molecule has 0 aliphatic heterocycles. The highest BCUT2D eigenvalue weighted by Crippen LogP contribution is 2.26. The first-order valence-corrected chi connectivity index (χ1v) is 9.44. The van der Waals surface area contributed by atoms with Gasteiger partial charge in [-0.1, -0.05) is 13.0 Å². The molecule has 126 valence electrons. The molecule has 0 fully saturated rings. The SMILES string of the molecule is CCCn1cc(S(=O)(=O)Nc2ccc(C)c(C)c2)c2cccnc21. The third kappa shape index (κ3) is 3.01. The first kappa shape index (κ1) is 16.5. The van der Waals surface area contributed by atoms with Crippen molar-refractivity contribution in [2.75, 3.05) is 4.72 Å². The van der Waals surface area contributed by atoms with Crippen molar-refractivity contribution < 1.29 is 8.42 Å². The summed E-state index contributed by atoms with van der Waals surface area (Å²) in [7, 11) is -3.68. The highest BCUT2D eigenvalue weighted by atomic mass is 32.2. The molecule has 0 saturated heterocycles. The molecule has 1 aromatic carbocycles. The van der Waals surface area contributed by atoms with E-state index in [2.05, 4.69) is 16.6 Å². The Morgan fingerprint density at radius 1 is 1.17 bits per heavy atom. The molecule has 3 rings (SSSR count). The molecule has 0 amide bonds. The summed E-state index contributed by atoms with van der Waals surface area (Å²) in [5.74, 6) is 0. The number of rotatable bonds is 5. The summed E-state index contributed by atoms with van der Waals surface area (Å²) >= 11 is 0. The van der Waals surface area contributed by atoms with Crippen molar-refractivity contribution in [2.45, 2.75) is 38.6 Å². The number of nitrogens with one attached hydrogen (secondary N) is 1. The lowest BCUT2D eigenvalue weighted by Gasteiger charge is -2.09. The summed E-state index contributed by atoms with van der Waals surface area (Å²) in [6, 6.07) is 9.09. The van der Waals surface area contributed by atoms with Gasteiger partial charge < -0.3 is 4.57 Å². The van der Waals surface area contributed by atoms with E-state index >= 15 is 0 Å². The normalized spacial score (nSPS) is 11.8. The van der Waals surface area contributed by atoms with Crippen LogP contribution in [-0.4, -0.2) is 18.0 Å². The predicted octanol–water partition coefficient (Wildman–Crippen LogP) is 3.86. The molecule has 0 bridgehead atoms. The number of pyridine rings is 1. The average Bonchev–Trinajstić information content (AvgIpc) is 2.91. The zero-order chi connectivity index (χ0) is 17.3. The Labute approximate surface area is 142 Å². The van der Waals surface area contributed by atoms with Crippen LogP contribution >= 0.6 is 0 Å². The topological polar surface area (TPSA) is 64.0 Å². The van der Waals surface area contributed by atoms with Crippen LogP contribution in [0, 0.1) is 13.8 Å². The van der Waals surface area contributed by atoms with Crippen molar-refractivity contribution in [3.63, 3.8) is 0 Å². The summed E-state index contributed by atoms with van der Waals surface area (Å²) in [6.07, 6.45) is 4.26. The number of hydrogen-bond donors (Lipinski definition) is 1. The maximum absolute atomic E-state index is 12.9. The standard InChI is InChI=1S/C18H21N3O2S/c1-4-10-21-12-17(16-6-5-9-19-18(16)21)24(22,23)20-15-8-7-13(2)14(3)11-15/h5-9,11-12,20H,4,10H2,1-3H3. The number of benzene rings is 1. The molecule has 0 radical (unpaired) electrons. The van der Waals surface area contributed by atoms with Crippen molar-refractivity contribution in [3.8, 4) is 0 Å². The van der Waals surface area contributed by atoms with Gasteiger partial charge in [-0.2, -0.15) is 0 Å². The van der Waals surface area contributed by atoms with Gasteiger partial charge in [0.2, 0.25) is 0 Å². The number of nitrogens with zero attached hydrogens (tertiary/aromatic N) is 2. The molecule has 3 aromatic rings. The average molecular weight is 343 g/mol. The van der Waals surface area contributed by atoms with Gasteiger partial charge in [0.05, 0.1) is 0 Å². The second-order valence-electron chi connectivity index (χ2n) is 5.97. The smallest absolute Gasteiger partial charge is 0.264 e. The van der Waals surface area contributed by atoms with Crippen LogP contribution in [0.4, 0.5) is 5.69 Å². The monoisotopic (exact) mass is 343 g/mol. The van der Waals surface area contributed by atoms with E-state index in [1.54, 1.807) is 30.6 Å². The van der Waals surface area contributed by atoms with Gasteiger partial charge in [-0.05, 0) is 55.7 Å². The van der Waals surface area contributed by atoms with Crippen molar-refractivity contribution in [3.05, 3.63) is 53.9 Å². The van der Waals surface area contributed by atoms with Crippen molar-refractivity contribution in [2.24, 2.45) is 0 Å². The summed E-state index contributed by atoms with van der Waals surface area (Å²) in [4.78, 5) is 4.60. The van der Waals surface area contributed by atoms with Crippen LogP contribution in [-0.2, 0) is 16.6 Å². The number of aromatic nitrogens is 2. The molecule has 1 N–H and O–H groups in total. The summed E-state index contributed by atoms with van der Waals surface area (Å²) in [5.41, 5.74) is 3.44. The fraction of sp³-hybridized carbons (Fsp3) is 0.278. The van der Waals surface area contributed by atoms with Gasteiger partial charge >= 0.3 is 0 Å². The third-order valence-corrected chi connectivity index (χ3v) is 5.52. The molecule has 6 heteroatoms. The largest absolute Gasteiger partial charge is 0.331 e. The summed E-state index contributed by atoms with van der Waals surface area (Å²) in [5, 5.41) is 0.641. The Hall–Kier alpha value is -2.34. The van der Waals surface area contributed by atoms with Crippen LogP contribution < -0.4 is 4.72 Å². The van der Waals surface area contributed by atoms with E-state index in [4.69, 9.17) is 0 Å². The first-order valence-electron chi connectivity index (χ1n) is 7.96. The minimum atomic E-state index is -3.68. The van der Waals surface area contributed by atoms with Crippen LogP contribution in [0.5, 0.6) is 0 Å². The Morgan fingerprint density at radius 3 is 2.67 bits per heavy atom. The second-order valence-corrected chi connectivity index (χ2v) is 7.62. The van der Waals surface area contributed by atoms with Crippen LogP contribution in [0.2, 0.25) is 0 Å². The maximum Gasteiger partial charge on any atom is 0.264 e. The van der Waals surface area contributed by atoms with E-state index in [1.807, 2.05) is 30.5 Å².